The molecule has 1 aromatic rings. The van der Waals surface area contributed by atoms with Crippen molar-refractivity contribution >= 4 is 11.6 Å². The molecular formula is C14H18ClF2NO2. The zero-order valence-corrected chi connectivity index (χ0v) is 12.0. The van der Waals surface area contributed by atoms with Crippen molar-refractivity contribution in [2.75, 3.05) is 13.6 Å². The van der Waals surface area contributed by atoms with Crippen molar-refractivity contribution in [3.05, 3.63) is 28.8 Å². The van der Waals surface area contributed by atoms with Gasteiger partial charge < -0.3 is 14.7 Å². The Kier molecular flexibility index (Phi) is 5.18. The lowest BCUT2D eigenvalue weighted by atomic mass is 9.82. The van der Waals surface area contributed by atoms with Gasteiger partial charge in [0.1, 0.15) is 5.75 Å². The first kappa shape index (κ1) is 15.5. The summed E-state index contributed by atoms with van der Waals surface area (Å²) in [5.41, 5.74) is 0.639. The lowest BCUT2D eigenvalue weighted by molar-refractivity contribution is -0.0508. The molecule has 0 amide bonds. The summed E-state index contributed by atoms with van der Waals surface area (Å²) < 4.78 is 29.2. The SMILES string of the molecule is CN(Cc1cc(Cl)ccc1OC(F)F)CC1CC(O)C1. The van der Waals surface area contributed by atoms with Gasteiger partial charge in [-0.1, -0.05) is 11.6 Å². The van der Waals surface area contributed by atoms with Crippen LogP contribution >= 0.6 is 11.6 Å². The quantitative estimate of drug-likeness (QED) is 0.876. The lowest BCUT2D eigenvalue weighted by Gasteiger charge is -2.34. The average Bonchev–Trinajstić information content (AvgIpc) is 2.30. The van der Waals surface area contributed by atoms with E-state index >= 15 is 0 Å². The fourth-order valence-electron chi connectivity index (χ4n) is 2.53. The van der Waals surface area contributed by atoms with E-state index in [0.29, 0.717) is 23.0 Å². The zero-order valence-electron chi connectivity index (χ0n) is 11.2. The van der Waals surface area contributed by atoms with Gasteiger partial charge in [-0.2, -0.15) is 8.78 Å². The molecule has 2 rings (SSSR count). The molecule has 0 spiro atoms. The largest absolute Gasteiger partial charge is 0.434 e. The van der Waals surface area contributed by atoms with Gasteiger partial charge in [-0.05, 0) is 44.0 Å². The van der Waals surface area contributed by atoms with Gasteiger partial charge in [0.05, 0.1) is 6.10 Å². The summed E-state index contributed by atoms with van der Waals surface area (Å²) in [5.74, 6) is 0.624. The smallest absolute Gasteiger partial charge is 0.387 e. The van der Waals surface area contributed by atoms with Crippen LogP contribution in [0, 0.1) is 5.92 Å². The summed E-state index contributed by atoms with van der Waals surface area (Å²) in [5, 5.41) is 9.76. The highest BCUT2D eigenvalue weighted by atomic mass is 35.5. The minimum Gasteiger partial charge on any atom is -0.434 e. The Morgan fingerprint density at radius 1 is 1.45 bits per heavy atom. The molecule has 0 aromatic heterocycles. The molecule has 1 N–H and O–H groups in total. The zero-order chi connectivity index (χ0) is 14.7. The van der Waals surface area contributed by atoms with Gasteiger partial charge in [-0.25, -0.2) is 0 Å². The van der Waals surface area contributed by atoms with Crippen molar-refractivity contribution in [3.63, 3.8) is 0 Å². The molecule has 0 saturated heterocycles. The van der Waals surface area contributed by atoms with Gasteiger partial charge in [-0.3, -0.25) is 0 Å². The highest BCUT2D eigenvalue weighted by Gasteiger charge is 2.28. The molecule has 112 valence electrons. The van der Waals surface area contributed by atoms with Crippen molar-refractivity contribution in [1.82, 2.24) is 4.90 Å². The van der Waals surface area contributed by atoms with E-state index in [-0.39, 0.29) is 11.9 Å². The van der Waals surface area contributed by atoms with Gasteiger partial charge in [-0.15, -0.1) is 0 Å². The molecule has 0 heterocycles. The third-order valence-electron chi connectivity index (χ3n) is 3.46. The summed E-state index contributed by atoms with van der Waals surface area (Å²) in [6.45, 7) is -1.55. The van der Waals surface area contributed by atoms with Crippen molar-refractivity contribution in [3.8, 4) is 5.75 Å². The van der Waals surface area contributed by atoms with Crippen LogP contribution in [0.25, 0.3) is 0 Å². The Hall–Kier alpha value is -0.910. The minimum absolute atomic E-state index is 0.157. The number of halogens is 3. The Balaban J connectivity index is 1.97. The maximum Gasteiger partial charge on any atom is 0.387 e. The van der Waals surface area contributed by atoms with E-state index in [1.54, 1.807) is 6.07 Å². The minimum atomic E-state index is -2.85. The van der Waals surface area contributed by atoms with E-state index in [9.17, 15) is 13.9 Å². The van der Waals surface area contributed by atoms with Crippen LogP contribution in [0.1, 0.15) is 18.4 Å². The number of aliphatic hydroxyl groups excluding tert-OH is 1. The van der Waals surface area contributed by atoms with E-state index in [1.807, 2.05) is 11.9 Å². The first-order chi connectivity index (χ1) is 9.44. The van der Waals surface area contributed by atoms with Gasteiger partial charge in [0.15, 0.2) is 0 Å². The van der Waals surface area contributed by atoms with E-state index in [4.69, 9.17) is 11.6 Å². The summed E-state index contributed by atoms with van der Waals surface area (Å²) in [4.78, 5) is 2.03. The van der Waals surface area contributed by atoms with Crippen LogP contribution in [0.3, 0.4) is 0 Å². The predicted molar refractivity (Wildman–Crippen MR) is 73.1 cm³/mol. The molecule has 6 heteroatoms. The molecule has 0 radical (unpaired) electrons. The normalized spacial score (nSPS) is 22.1. The van der Waals surface area contributed by atoms with Crippen molar-refractivity contribution in [2.45, 2.75) is 32.1 Å². The summed E-state index contributed by atoms with van der Waals surface area (Å²) in [7, 11) is 1.91. The van der Waals surface area contributed by atoms with Gasteiger partial charge in [0.2, 0.25) is 0 Å². The summed E-state index contributed by atoms with van der Waals surface area (Å²) in [6, 6.07) is 4.64. The number of rotatable bonds is 6. The van der Waals surface area contributed by atoms with E-state index < -0.39 is 6.61 Å². The molecule has 1 fully saturated rings. The summed E-state index contributed by atoms with van der Waals surface area (Å²) in [6.07, 6.45) is 1.43. The van der Waals surface area contributed by atoms with Crippen LogP contribution in [0.15, 0.2) is 18.2 Å². The average molecular weight is 306 g/mol. The molecular weight excluding hydrogens is 288 g/mol. The molecule has 0 unspecified atom stereocenters. The number of hydrogen-bond acceptors (Lipinski definition) is 3. The number of ether oxygens (including phenoxy) is 1. The van der Waals surface area contributed by atoms with Crippen molar-refractivity contribution in [2.24, 2.45) is 5.92 Å². The number of aliphatic hydroxyl groups is 1. The third-order valence-corrected chi connectivity index (χ3v) is 3.69. The standard InChI is InChI=1S/C14H18ClF2NO2/c1-18(7-9-4-12(19)5-9)8-10-6-11(15)2-3-13(10)20-14(16)17/h2-3,6,9,12,14,19H,4-5,7-8H2,1H3. The van der Waals surface area contributed by atoms with Crippen molar-refractivity contribution in [1.29, 1.82) is 0 Å². The Labute approximate surface area is 122 Å². The maximum absolute atomic E-state index is 12.4. The molecule has 3 nitrogen and oxygen atoms in total. The molecule has 1 saturated carbocycles. The summed E-state index contributed by atoms with van der Waals surface area (Å²) >= 11 is 5.91. The second-order valence-corrected chi connectivity index (χ2v) is 5.75. The van der Waals surface area contributed by atoms with Crippen LogP contribution in [0.5, 0.6) is 5.75 Å². The fraction of sp³-hybridized carbons (Fsp3) is 0.571. The highest BCUT2D eigenvalue weighted by Crippen LogP contribution is 2.29. The fourth-order valence-corrected chi connectivity index (χ4v) is 2.72. The van der Waals surface area contributed by atoms with E-state index in [0.717, 1.165) is 19.4 Å². The molecule has 0 atom stereocenters. The lowest BCUT2D eigenvalue weighted by Crippen LogP contribution is -2.36. The van der Waals surface area contributed by atoms with E-state index in [2.05, 4.69) is 4.74 Å². The Bertz CT molecular complexity index is 453. The Morgan fingerprint density at radius 2 is 2.15 bits per heavy atom. The number of alkyl halides is 2. The molecule has 1 aliphatic rings. The number of benzene rings is 1. The van der Waals surface area contributed by atoms with Crippen LogP contribution in [-0.4, -0.2) is 36.3 Å². The third kappa shape index (κ3) is 4.30. The monoisotopic (exact) mass is 305 g/mol. The molecule has 0 bridgehead atoms. The molecule has 0 aliphatic heterocycles. The first-order valence-electron chi connectivity index (χ1n) is 6.54. The number of hydrogen-bond donors (Lipinski definition) is 1. The van der Waals surface area contributed by atoms with Crippen LogP contribution in [0.4, 0.5) is 8.78 Å². The van der Waals surface area contributed by atoms with Crippen molar-refractivity contribution < 1.29 is 18.6 Å². The first-order valence-corrected chi connectivity index (χ1v) is 6.91. The van der Waals surface area contributed by atoms with Crippen LogP contribution in [-0.2, 0) is 6.54 Å². The maximum atomic E-state index is 12.4. The molecule has 1 aliphatic carbocycles. The Morgan fingerprint density at radius 3 is 2.75 bits per heavy atom. The van der Waals surface area contributed by atoms with Gasteiger partial charge >= 0.3 is 6.61 Å². The molecule has 1 aromatic carbocycles. The highest BCUT2D eigenvalue weighted by molar-refractivity contribution is 6.30. The molecule has 20 heavy (non-hydrogen) atoms. The van der Waals surface area contributed by atoms with Crippen LogP contribution < -0.4 is 4.74 Å². The van der Waals surface area contributed by atoms with Gasteiger partial charge in [0.25, 0.3) is 0 Å². The van der Waals surface area contributed by atoms with Crippen LogP contribution in [0.2, 0.25) is 5.02 Å². The second-order valence-electron chi connectivity index (χ2n) is 5.32. The second kappa shape index (κ2) is 6.70. The van der Waals surface area contributed by atoms with E-state index in [1.165, 1.54) is 12.1 Å². The number of nitrogens with zero attached hydrogens (tertiary/aromatic N) is 1. The topological polar surface area (TPSA) is 32.7 Å². The predicted octanol–water partition coefficient (Wildman–Crippen LogP) is 3.14. The van der Waals surface area contributed by atoms with Gasteiger partial charge in [0, 0.05) is 23.7 Å².